The van der Waals surface area contributed by atoms with Crippen molar-refractivity contribution in [2.75, 3.05) is 16.5 Å². The van der Waals surface area contributed by atoms with E-state index in [0.29, 0.717) is 24.3 Å². The first-order valence-corrected chi connectivity index (χ1v) is 14.9. The second-order valence-corrected chi connectivity index (χ2v) is 10.9. The predicted octanol–water partition coefficient (Wildman–Crippen LogP) is 9.61. The molecule has 8 rings (SSSR count). The Morgan fingerprint density at radius 3 is 1.82 bits per heavy atom. The van der Waals surface area contributed by atoms with Crippen molar-refractivity contribution in [2.45, 2.75) is 0 Å². The van der Waals surface area contributed by atoms with Gasteiger partial charge in [-0.05, 0) is 41.8 Å². The predicted molar refractivity (Wildman–Crippen MR) is 185 cm³/mol. The van der Waals surface area contributed by atoms with E-state index in [-0.39, 0.29) is 0 Å². The van der Waals surface area contributed by atoms with Crippen molar-refractivity contribution >= 4 is 46.2 Å². The van der Waals surface area contributed by atoms with Gasteiger partial charge in [-0.25, -0.2) is 4.98 Å². The Morgan fingerprint density at radius 1 is 0.511 bits per heavy atom. The minimum atomic E-state index is 0.432. The van der Waals surface area contributed by atoms with Crippen LogP contribution in [0.25, 0.3) is 44.7 Å². The molecular formula is C39H28N6. The number of aliphatic imine (C=N–C) groups is 1. The first-order chi connectivity index (χ1) is 22.3. The summed E-state index contributed by atoms with van der Waals surface area (Å²) in [6, 6.07) is 49.7. The molecule has 7 aromatic rings. The molecule has 2 heterocycles. The Kier molecular flexibility index (Phi) is 6.57. The third-order valence-corrected chi connectivity index (χ3v) is 8.22. The van der Waals surface area contributed by atoms with Crippen molar-refractivity contribution < 1.29 is 0 Å². The van der Waals surface area contributed by atoms with Crippen LogP contribution in [0.15, 0.2) is 151 Å². The van der Waals surface area contributed by atoms with Gasteiger partial charge in [-0.3, -0.25) is 9.89 Å². The lowest BCUT2D eigenvalue weighted by atomic mass is 9.94. The number of hydrogen-bond donors (Lipinski definition) is 0. The van der Waals surface area contributed by atoms with E-state index in [9.17, 15) is 0 Å². The molecule has 6 heteroatoms. The average molecular weight is 581 g/mol. The zero-order valence-electron chi connectivity index (χ0n) is 24.5. The molecule has 1 aliphatic heterocycles. The van der Waals surface area contributed by atoms with Crippen LogP contribution in [0.4, 0.5) is 28.7 Å². The summed E-state index contributed by atoms with van der Waals surface area (Å²) >= 11 is 0. The van der Waals surface area contributed by atoms with Crippen LogP contribution in [0.3, 0.4) is 0 Å². The fraction of sp³-hybridized carbons (Fsp3) is 0.0256. The summed E-state index contributed by atoms with van der Waals surface area (Å²) in [5, 5.41) is 2.34. The van der Waals surface area contributed by atoms with E-state index in [4.69, 9.17) is 15.0 Å². The molecule has 0 aliphatic carbocycles. The Balaban J connectivity index is 1.42. The van der Waals surface area contributed by atoms with Crippen molar-refractivity contribution in [2.24, 2.45) is 4.99 Å². The summed E-state index contributed by atoms with van der Waals surface area (Å²) in [6.45, 7) is 4.33. The highest BCUT2D eigenvalue weighted by Crippen LogP contribution is 2.49. The molecule has 0 atom stereocenters. The number of para-hydroxylation sites is 3. The van der Waals surface area contributed by atoms with Crippen LogP contribution < -0.4 is 9.80 Å². The molecule has 1 aromatic heterocycles. The van der Waals surface area contributed by atoms with Crippen LogP contribution in [-0.4, -0.2) is 28.3 Å². The largest absolute Gasteiger partial charge is 0.320 e. The monoisotopic (exact) mass is 580 g/mol. The topological polar surface area (TPSA) is 57.5 Å². The lowest BCUT2D eigenvalue weighted by molar-refractivity contribution is 0.883. The van der Waals surface area contributed by atoms with Gasteiger partial charge >= 0.3 is 0 Å². The minimum Gasteiger partial charge on any atom is -0.320 e. The molecular weight excluding hydrogens is 552 g/mol. The number of rotatable bonds is 5. The first-order valence-electron chi connectivity index (χ1n) is 14.9. The number of hydrogen-bond acceptors (Lipinski definition) is 6. The van der Waals surface area contributed by atoms with E-state index < -0.39 is 0 Å². The third kappa shape index (κ3) is 4.69. The van der Waals surface area contributed by atoms with Crippen molar-refractivity contribution in [1.82, 2.24) is 15.0 Å². The summed E-state index contributed by atoms with van der Waals surface area (Å²) in [4.78, 5) is 24.1. The Morgan fingerprint density at radius 2 is 1.11 bits per heavy atom. The summed E-state index contributed by atoms with van der Waals surface area (Å²) in [7, 11) is 0. The zero-order valence-corrected chi connectivity index (χ0v) is 24.5. The number of fused-ring (bicyclic) bond motifs is 5. The van der Waals surface area contributed by atoms with Gasteiger partial charge in [0, 0.05) is 22.3 Å². The van der Waals surface area contributed by atoms with Gasteiger partial charge in [-0.1, -0.05) is 121 Å². The van der Waals surface area contributed by atoms with Gasteiger partial charge < -0.3 is 4.90 Å². The summed E-state index contributed by atoms with van der Waals surface area (Å²) in [5.41, 5.74) is 7.91. The molecule has 0 spiro atoms. The van der Waals surface area contributed by atoms with Gasteiger partial charge in [-0.15, -0.1) is 0 Å². The molecule has 1 aliphatic rings. The van der Waals surface area contributed by atoms with Gasteiger partial charge in [-0.2, -0.15) is 9.97 Å². The highest BCUT2D eigenvalue weighted by Gasteiger charge is 2.30. The van der Waals surface area contributed by atoms with Crippen LogP contribution in [0.5, 0.6) is 0 Å². The van der Waals surface area contributed by atoms with Crippen molar-refractivity contribution in [1.29, 1.82) is 0 Å². The molecule has 0 unspecified atom stereocenters. The van der Waals surface area contributed by atoms with Gasteiger partial charge in [0.2, 0.25) is 5.95 Å². The molecule has 6 nitrogen and oxygen atoms in total. The van der Waals surface area contributed by atoms with E-state index in [0.717, 1.165) is 45.0 Å². The number of nitrogens with zero attached hydrogens (tertiary/aromatic N) is 6. The lowest BCUT2D eigenvalue weighted by Gasteiger charge is -2.31. The fourth-order valence-corrected chi connectivity index (χ4v) is 6.10. The third-order valence-electron chi connectivity index (χ3n) is 8.22. The van der Waals surface area contributed by atoms with Crippen LogP contribution in [0.2, 0.25) is 0 Å². The summed E-state index contributed by atoms with van der Waals surface area (Å²) in [5.74, 6) is 1.79. The maximum atomic E-state index is 5.13. The lowest BCUT2D eigenvalue weighted by Crippen LogP contribution is -2.32. The molecule has 45 heavy (non-hydrogen) atoms. The van der Waals surface area contributed by atoms with Gasteiger partial charge in [0.1, 0.15) is 6.67 Å². The smallest absolute Gasteiger partial charge is 0.235 e. The van der Waals surface area contributed by atoms with E-state index in [2.05, 4.69) is 88.2 Å². The summed E-state index contributed by atoms with van der Waals surface area (Å²) < 4.78 is 0. The Hall–Kier alpha value is -6.14. The highest BCUT2D eigenvalue weighted by molar-refractivity contribution is 6.08. The molecule has 0 saturated heterocycles. The standard InChI is InChI=1S/C39H28N6/c1-40-32-21-11-13-23-34(32)44-26-45(33-22-12-10-20-31(33)36-30-19-9-8-14-27(30)24-25-35(36)44)39-42-37(28-15-4-2-5-16-28)41-38(43-39)29-17-6-3-7-18-29/h2-25H,1,26H2. The summed E-state index contributed by atoms with van der Waals surface area (Å²) in [6.07, 6.45) is 0. The highest BCUT2D eigenvalue weighted by atomic mass is 15.4. The second-order valence-electron chi connectivity index (χ2n) is 10.9. The van der Waals surface area contributed by atoms with Gasteiger partial charge in [0.25, 0.3) is 0 Å². The maximum Gasteiger partial charge on any atom is 0.235 e. The number of anilines is 4. The Labute approximate surface area is 261 Å². The molecule has 0 bridgehead atoms. The number of benzene rings is 6. The van der Waals surface area contributed by atoms with Crippen molar-refractivity contribution in [3.05, 3.63) is 146 Å². The average Bonchev–Trinajstić information content (AvgIpc) is 3.27. The molecule has 6 aromatic carbocycles. The zero-order chi connectivity index (χ0) is 30.2. The minimum absolute atomic E-state index is 0.432. The van der Waals surface area contributed by atoms with Gasteiger partial charge in [0.15, 0.2) is 11.6 Å². The number of aromatic nitrogens is 3. The van der Waals surface area contributed by atoms with E-state index in [1.807, 2.05) is 78.9 Å². The van der Waals surface area contributed by atoms with Crippen molar-refractivity contribution in [3.63, 3.8) is 0 Å². The first kappa shape index (κ1) is 26.5. The Bertz CT molecular complexity index is 2120. The van der Waals surface area contributed by atoms with Crippen LogP contribution in [-0.2, 0) is 0 Å². The van der Waals surface area contributed by atoms with E-state index in [1.54, 1.807) is 0 Å². The fourth-order valence-electron chi connectivity index (χ4n) is 6.10. The quantitative estimate of drug-likeness (QED) is 0.190. The molecule has 214 valence electrons. The molecule has 0 N–H and O–H groups in total. The van der Waals surface area contributed by atoms with E-state index >= 15 is 0 Å². The van der Waals surface area contributed by atoms with Crippen LogP contribution >= 0.6 is 0 Å². The van der Waals surface area contributed by atoms with Crippen LogP contribution in [0, 0.1) is 0 Å². The maximum absolute atomic E-state index is 5.13. The van der Waals surface area contributed by atoms with E-state index in [1.165, 1.54) is 10.8 Å². The van der Waals surface area contributed by atoms with Gasteiger partial charge in [0.05, 0.1) is 22.7 Å². The van der Waals surface area contributed by atoms with Crippen molar-refractivity contribution in [3.8, 4) is 33.9 Å². The second kappa shape index (κ2) is 11.2. The molecule has 0 amide bonds. The molecule has 0 fully saturated rings. The molecule has 0 radical (unpaired) electrons. The molecule has 0 saturated carbocycles. The normalized spacial score (nSPS) is 12.4. The SMILES string of the molecule is C=Nc1ccccc1N1CN(c2nc(-c3ccccc3)nc(-c3ccccc3)n2)c2ccccc2-c2c1ccc1ccccc21. The van der Waals surface area contributed by atoms with Crippen LogP contribution in [0.1, 0.15) is 0 Å².